The van der Waals surface area contributed by atoms with Crippen molar-refractivity contribution in [1.29, 1.82) is 0 Å². The summed E-state index contributed by atoms with van der Waals surface area (Å²) in [6.07, 6.45) is 2.67. The maximum absolute atomic E-state index is 6.23. The van der Waals surface area contributed by atoms with Crippen LogP contribution in [0.3, 0.4) is 0 Å². The highest BCUT2D eigenvalue weighted by atomic mass is 16.5. The van der Waals surface area contributed by atoms with Crippen LogP contribution in [-0.4, -0.2) is 50.8 Å². The van der Waals surface area contributed by atoms with Gasteiger partial charge in [-0.3, -0.25) is 4.90 Å². The van der Waals surface area contributed by atoms with Gasteiger partial charge in [0.05, 0.1) is 12.8 Å². The van der Waals surface area contributed by atoms with Crippen LogP contribution in [0, 0.1) is 5.92 Å². The number of nitrogens with zero attached hydrogens (tertiary/aromatic N) is 2. The van der Waals surface area contributed by atoms with Crippen molar-refractivity contribution in [2.75, 3.05) is 44.7 Å². The number of para-hydroxylation sites is 2. The fourth-order valence-corrected chi connectivity index (χ4v) is 3.03. The van der Waals surface area contributed by atoms with Crippen LogP contribution >= 0.6 is 0 Å². The Balaban J connectivity index is 1.55. The molecule has 1 heterocycles. The van der Waals surface area contributed by atoms with Gasteiger partial charge in [0.15, 0.2) is 0 Å². The molecule has 1 aliphatic heterocycles. The first-order valence-corrected chi connectivity index (χ1v) is 7.64. The molecule has 1 unspecified atom stereocenters. The molecule has 0 spiro atoms. The van der Waals surface area contributed by atoms with Crippen molar-refractivity contribution in [3.05, 3.63) is 24.3 Å². The van der Waals surface area contributed by atoms with Gasteiger partial charge < -0.3 is 15.4 Å². The Morgan fingerprint density at radius 1 is 1.20 bits per heavy atom. The molecule has 2 aliphatic rings. The Morgan fingerprint density at radius 3 is 2.55 bits per heavy atom. The van der Waals surface area contributed by atoms with Gasteiger partial charge in [0.25, 0.3) is 0 Å². The minimum absolute atomic E-state index is 0.382. The van der Waals surface area contributed by atoms with E-state index >= 15 is 0 Å². The molecular formula is C16H25N3O. The molecule has 1 saturated carbocycles. The second-order valence-corrected chi connectivity index (χ2v) is 5.96. The molecule has 20 heavy (non-hydrogen) atoms. The predicted octanol–water partition coefficient (Wildman–Crippen LogP) is 1.55. The van der Waals surface area contributed by atoms with Crippen molar-refractivity contribution in [2.45, 2.75) is 18.9 Å². The van der Waals surface area contributed by atoms with Gasteiger partial charge in [0.1, 0.15) is 5.75 Å². The lowest BCUT2D eigenvalue weighted by Crippen LogP contribution is -2.50. The largest absolute Gasteiger partial charge is 0.495 e. The van der Waals surface area contributed by atoms with Crippen LogP contribution in [0.15, 0.2) is 24.3 Å². The van der Waals surface area contributed by atoms with Gasteiger partial charge in [-0.05, 0) is 30.9 Å². The van der Waals surface area contributed by atoms with Gasteiger partial charge in [-0.1, -0.05) is 12.1 Å². The van der Waals surface area contributed by atoms with E-state index in [9.17, 15) is 0 Å². The molecule has 0 amide bonds. The second-order valence-electron chi connectivity index (χ2n) is 5.96. The van der Waals surface area contributed by atoms with Crippen molar-refractivity contribution in [1.82, 2.24) is 4.90 Å². The van der Waals surface area contributed by atoms with E-state index in [4.69, 9.17) is 10.5 Å². The molecule has 0 bridgehead atoms. The van der Waals surface area contributed by atoms with Gasteiger partial charge >= 0.3 is 0 Å². The Labute approximate surface area is 121 Å². The summed E-state index contributed by atoms with van der Waals surface area (Å²) in [5, 5.41) is 0. The molecule has 2 fully saturated rings. The van der Waals surface area contributed by atoms with Crippen LogP contribution in [0.4, 0.5) is 5.69 Å². The van der Waals surface area contributed by atoms with Crippen LogP contribution < -0.4 is 15.4 Å². The number of hydrogen-bond donors (Lipinski definition) is 1. The van der Waals surface area contributed by atoms with Crippen LogP contribution in [0.1, 0.15) is 12.8 Å². The minimum Gasteiger partial charge on any atom is -0.495 e. The van der Waals surface area contributed by atoms with Crippen molar-refractivity contribution in [3.8, 4) is 5.75 Å². The third-order valence-corrected chi connectivity index (χ3v) is 4.49. The van der Waals surface area contributed by atoms with Gasteiger partial charge in [0.2, 0.25) is 0 Å². The maximum atomic E-state index is 6.23. The van der Waals surface area contributed by atoms with Crippen molar-refractivity contribution < 1.29 is 4.74 Å². The van der Waals surface area contributed by atoms with Crippen LogP contribution in [0.2, 0.25) is 0 Å². The lowest BCUT2D eigenvalue weighted by molar-refractivity contribution is 0.235. The van der Waals surface area contributed by atoms with E-state index in [1.807, 2.05) is 12.1 Å². The van der Waals surface area contributed by atoms with E-state index in [2.05, 4.69) is 21.9 Å². The SMILES string of the molecule is COc1ccccc1N1CCN(CC(N)C2CC2)CC1. The maximum Gasteiger partial charge on any atom is 0.142 e. The number of rotatable bonds is 5. The average Bonchev–Trinajstić information content (AvgIpc) is 3.33. The van der Waals surface area contributed by atoms with E-state index in [-0.39, 0.29) is 0 Å². The van der Waals surface area contributed by atoms with E-state index in [0.717, 1.165) is 44.4 Å². The fourth-order valence-electron chi connectivity index (χ4n) is 3.03. The molecule has 0 aromatic heterocycles. The average molecular weight is 275 g/mol. The summed E-state index contributed by atoms with van der Waals surface area (Å²) >= 11 is 0. The van der Waals surface area contributed by atoms with Crippen molar-refractivity contribution in [2.24, 2.45) is 11.7 Å². The zero-order chi connectivity index (χ0) is 13.9. The Kier molecular flexibility index (Phi) is 4.13. The number of methoxy groups -OCH3 is 1. The second kappa shape index (κ2) is 6.02. The summed E-state index contributed by atoms with van der Waals surface area (Å²) in [5.74, 6) is 1.76. The molecule has 4 nitrogen and oxygen atoms in total. The van der Waals surface area contributed by atoms with E-state index in [0.29, 0.717) is 6.04 Å². The summed E-state index contributed by atoms with van der Waals surface area (Å²) < 4.78 is 5.45. The fraction of sp³-hybridized carbons (Fsp3) is 0.625. The van der Waals surface area contributed by atoms with Gasteiger partial charge in [-0.2, -0.15) is 0 Å². The summed E-state index contributed by atoms with van der Waals surface area (Å²) in [4.78, 5) is 4.92. The van der Waals surface area contributed by atoms with Gasteiger partial charge in [-0.15, -0.1) is 0 Å². The molecule has 1 aromatic carbocycles. The van der Waals surface area contributed by atoms with Crippen LogP contribution in [0.25, 0.3) is 0 Å². The third-order valence-electron chi connectivity index (χ3n) is 4.49. The topological polar surface area (TPSA) is 41.7 Å². The monoisotopic (exact) mass is 275 g/mol. The first-order chi connectivity index (χ1) is 9.78. The first-order valence-electron chi connectivity index (χ1n) is 7.64. The molecular weight excluding hydrogens is 250 g/mol. The molecule has 110 valence electrons. The summed E-state index contributed by atoms with van der Waals surface area (Å²) in [5.41, 5.74) is 7.44. The normalized spacial score (nSPS) is 21.8. The van der Waals surface area contributed by atoms with Gasteiger partial charge in [-0.25, -0.2) is 0 Å². The number of nitrogens with two attached hydrogens (primary N) is 1. The zero-order valence-corrected chi connectivity index (χ0v) is 12.3. The van der Waals surface area contributed by atoms with E-state index in [1.165, 1.54) is 18.5 Å². The number of benzene rings is 1. The Hall–Kier alpha value is -1.26. The van der Waals surface area contributed by atoms with Crippen molar-refractivity contribution in [3.63, 3.8) is 0 Å². The highest BCUT2D eigenvalue weighted by Crippen LogP contribution is 2.32. The van der Waals surface area contributed by atoms with Crippen molar-refractivity contribution >= 4 is 5.69 Å². The number of hydrogen-bond acceptors (Lipinski definition) is 4. The summed E-state index contributed by atoms with van der Waals surface area (Å²) in [7, 11) is 1.74. The molecule has 1 aliphatic carbocycles. The molecule has 0 radical (unpaired) electrons. The smallest absolute Gasteiger partial charge is 0.142 e. The lowest BCUT2D eigenvalue weighted by atomic mass is 10.1. The highest BCUT2D eigenvalue weighted by molar-refractivity contribution is 5.58. The standard InChI is InChI=1S/C16H25N3O/c1-20-16-5-3-2-4-15(16)19-10-8-18(9-11-19)12-14(17)13-6-7-13/h2-5,13-14H,6-12,17H2,1H3. The molecule has 3 rings (SSSR count). The first kappa shape index (κ1) is 13.7. The molecule has 2 N–H and O–H groups in total. The number of ether oxygens (including phenoxy) is 1. The molecule has 1 aromatic rings. The molecule has 1 saturated heterocycles. The summed E-state index contributed by atoms with van der Waals surface area (Å²) in [6, 6.07) is 8.66. The van der Waals surface area contributed by atoms with Crippen LogP contribution in [0.5, 0.6) is 5.75 Å². The quantitative estimate of drug-likeness (QED) is 0.885. The number of anilines is 1. The Bertz CT molecular complexity index is 439. The predicted molar refractivity (Wildman–Crippen MR) is 82.3 cm³/mol. The Morgan fingerprint density at radius 2 is 1.90 bits per heavy atom. The summed E-state index contributed by atoms with van der Waals surface area (Å²) in [6.45, 7) is 5.36. The zero-order valence-electron chi connectivity index (χ0n) is 12.3. The highest BCUT2D eigenvalue weighted by Gasteiger charge is 2.30. The third kappa shape index (κ3) is 3.07. The number of piperazine rings is 1. The van der Waals surface area contributed by atoms with E-state index < -0.39 is 0 Å². The minimum atomic E-state index is 0.382. The molecule has 4 heteroatoms. The van der Waals surface area contributed by atoms with Gasteiger partial charge in [0, 0.05) is 38.8 Å². The molecule has 1 atom stereocenters. The lowest BCUT2D eigenvalue weighted by Gasteiger charge is -2.37. The van der Waals surface area contributed by atoms with E-state index in [1.54, 1.807) is 7.11 Å². The van der Waals surface area contributed by atoms with Crippen LogP contribution in [-0.2, 0) is 0 Å².